The van der Waals surface area contributed by atoms with E-state index in [0.717, 1.165) is 28.5 Å². The molecular formula is C26H24N4OS. The third-order valence-electron chi connectivity index (χ3n) is 6.03. The van der Waals surface area contributed by atoms with Crippen molar-refractivity contribution in [3.8, 4) is 11.4 Å². The topological polar surface area (TPSA) is 53.3 Å². The number of aryl methyl sites for hydroxylation is 1. The Labute approximate surface area is 193 Å². The number of hydrogen-bond acceptors (Lipinski definition) is 3. The quantitative estimate of drug-likeness (QED) is 0.418. The summed E-state index contributed by atoms with van der Waals surface area (Å²) in [5.41, 5.74) is 6.50. The molecule has 1 aliphatic heterocycles. The summed E-state index contributed by atoms with van der Waals surface area (Å²) < 4.78 is 2.28. The molecule has 6 heteroatoms. The van der Waals surface area contributed by atoms with Crippen LogP contribution in [0.5, 0.6) is 5.75 Å². The third-order valence-corrected chi connectivity index (χ3v) is 6.34. The molecule has 2 N–H and O–H groups in total. The van der Waals surface area contributed by atoms with Crippen LogP contribution in [0.25, 0.3) is 5.69 Å². The first-order valence-corrected chi connectivity index (χ1v) is 11.0. The van der Waals surface area contributed by atoms with Gasteiger partial charge >= 0.3 is 0 Å². The van der Waals surface area contributed by atoms with Crippen LogP contribution in [0.3, 0.4) is 0 Å². The van der Waals surface area contributed by atoms with Crippen LogP contribution in [0.2, 0.25) is 0 Å². The van der Waals surface area contributed by atoms with Crippen LogP contribution in [0.1, 0.15) is 34.7 Å². The first kappa shape index (κ1) is 20.3. The molecule has 0 radical (unpaired) electrons. The lowest BCUT2D eigenvalue weighted by Crippen LogP contribution is -2.29. The molecule has 2 aromatic carbocycles. The van der Waals surface area contributed by atoms with Gasteiger partial charge in [-0.15, -0.1) is 0 Å². The summed E-state index contributed by atoms with van der Waals surface area (Å²) in [4.78, 5) is 6.76. The number of phenols is 1. The molecule has 4 aromatic rings. The number of anilines is 1. The normalized spacial score (nSPS) is 18.1. The summed E-state index contributed by atoms with van der Waals surface area (Å²) in [6.07, 6.45) is 1.81. The van der Waals surface area contributed by atoms with Gasteiger partial charge in [0.25, 0.3) is 0 Å². The molecule has 0 aliphatic carbocycles. The molecule has 5 nitrogen and oxygen atoms in total. The van der Waals surface area contributed by atoms with Gasteiger partial charge < -0.3 is 19.9 Å². The molecule has 1 fully saturated rings. The maximum absolute atomic E-state index is 9.81. The van der Waals surface area contributed by atoms with Gasteiger partial charge in [-0.25, -0.2) is 0 Å². The first-order valence-electron chi connectivity index (χ1n) is 10.6. The van der Waals surface area contributed by atoms with Gasteiger partial charge in [-0.05, 0) is 86.2 Å². The molecule has 0 spiro atoms. The molecule has 32 heavy (non-hydrogen) atoms. The average molecular weight is 441 g/mol. The fraction of sp³-hybridized carbons (Fsp3) is 0.154. The van der Waals surface area contributed by atoms with Crippen LogP contribution < -0.4 is 10.2 Å². The number of thiocarbonyl (C=S) groups is 1. The van der Waals surface area contributed by atoms with Crippen LogP contribution in [0, 0.1) is 13.8 Å². The summed E-state index contributed by atoms with van der Waals surface area (Å²) in [5, 5.41) is 13.9. The number of nitrogens with one attached hydrogen (secondary N) is 1. The smallest absolute Gasteiger partial charge is 0.174 e. The minimum atomic E-state index is -0.109. The number of nitrogens with zero attached hydrogens (tertiary/aromatic N) is 3. The predicted octanol–water partition coefficient (Wildman–Crippen LogP) is 5.37. The summed E-state index contributed by atoms with van der Waals surface area (Å²) in [6, 6.07) is 25.5. The number of aromatic nitrogens is 2. The molecule has 2 unspecified atom stereocenters. The Morgan fingerprint density at radius 3 is 2.31 bits per heavy atom. The summed E-state index contributed by atoms with van der Waals surface area (Å²) in [7, 11) is 0. The number of benzene rings is 2. The van der Waals surface area contributed by atoms with E-state index in [1.807, 2.05) is 42.6 Å². The zero-order valence-electron chi connectivity index (χ0n) is 17.9. The van der Waals surface area contributed by atoms with Crippen molar-refractivity contribution in [2.24, 2.45) is 0 Å². The standard InChI is InChI=1S/C26H24N4OS/c1-17-16-22(18(2)29(17)19-8-4-3-5-9-19)25-24(23-10-6-7-15-27-23)28-26(32)30(25)20-11-13-21(31)14-12-20/h3-16,24-25,31H,1-2H3,(H,28,32). The Bertz CT molecular complexity index is 1250. The largest absolute Gasteiger partial charge is 0.508 e. The zero-order valence-corrected chi connectivity index (χ0v) is 18.8. The van der Waals surface area contributed by atoms with E-state index in [1.54, 1.807) is 12.1 Å². The Morgan fingerprint density at radius 2 is 1.62 bits per heavy atom. The Hall–Kier alpha value is -3.64. The summed E-state index contributed by atoms with van der Waals surface area (Å²) >= 11 is 5.80. The highest BCUT2D eigenvalue weighted by molar-refractivity contribution is 7.80. The molecule has 3 heterocycles. The van der Waals surface area contributed by atoms with E-state index in [1.165, 1.54) is 5.56 Å². The monoisotopic (exact) mass is 440 g/mol. The second-order valence-electron chi connectivity index (χ2n) is 8.01. The lowest BCUT2D eigenvalue weighted by atomic mass is 9.96. The fourth-order valence-corrected chi connectivity index (χ4v) is 4.97. The molecule has 5 rings (SSSR count). The van der Waals surface area contributed by atoms with E-state index >= 15 is 0 Å². The van der Waals surface area contributed by atoms with E-state index in [4.69, 9.17) is 12.2 Å². The van der Waals surface area contributed by atoms with Gasteiger partial charge in [-0.3, -0.25) is 4.98 Å². The van der Waals surface area contributed by atoms with Crippen LogP contribution in [0.15, 0.2) is 85.1 Å². The van der Waals surface area contributed by atoms with Gasteiger partial charge in [0, 0.05) is 29.0 Å². The van der Waals surface area contributed by atoms with Crippen molar-refractivity contribution in [1.82, 2.24) is 14.9 Å². The van der Waals surface area contributed by atoms with Crippen LogP contribution >= 0.6 is 12.2 Å². The summed E-state index contributed by atoms with van der Waals surface area (Å²) in [6.45, 7) is 4.28. The highest BCUT2D eigenvalue weighted by atomic mass is 32.1. The van der Waals surface area contributed by atoms with Crippen molar-refractivity contribution >= 4 is 23.0 Å². The van der Waals surface area contributed by atoms with Gasteiger partial charge in [0.1, 0.15) is 5.75 Å². The zero-order chi connectivity index (χ0) is 22.2. The maximum atomic E-state index is 9.81. The van der Waals surface area contributed by atoms with Crippen LogP contribution in [0.4, 0.5) is 5.69 Å². The number of rotatable bonds is 4. The second kappa shape index (κ2) is 8.13. The minimum absolute atomic E-state index is 0.0920. The predicted molar refractivity (Wildman–Crippen MR) is 131 cm³/mol. The molecule has 2 atom stereocenters. The van der Waals surface area contributed by atoms with Crippen LogP contribution in [-0.4, -0.2) is 19.8 Å². The molecule has 0 saturated carbocycles. The van der Waals surface area contributed by atoms with E-state index in [9.17, 15) is 5.11 Å². The lowest BCUT2D eigenvalue weighted by Gasteiger charge is -2.28. The van der Waals surface area contributed by atoms with Gasteiger partial charge in [0.05, 0.1) is 17.8 Å². The number of para-hydroxylation sites is 1. The van der Waals surface area contributed by atoms with Gasteiger partial charge in [-0.2, -0.15) is 0 Å². The Morgan fingerprint density at radius 1 is 0.906 bits per heavy atom. The molecule has 1 saturated heterocycles. The number of pyridine rings is 1. The van der Waals surface area contributed by atoms with Crippen molar-refractivity contribution in [1.29, 1.82) is 0 Å². The molecule has 1 aliphatic rings. The molecule has 2 aromatic heterocycles. The number of aromatic hydroxyl groups is 1. The van der Waals surface area contributed by atoms with Gasteiger partial charge in [-0.1, -0.05) is 24.3 Å². The highest BCUT2D eigenvalue weighted by Gasteiger charge is 2.42. The van der Waals surface area contributed by atoms with Gasteiger partial charge in [0.15, 0.2) is 5.11 Å². The number of hydrogen-bond donors (Lipinski definition) is 2. The number of phenolic OH excluding ortho intramolecular Hbond substituents is 1. The molecule has 160 valence electrons. The molecular weight excluding hydrogens is 416 g/mol. The van der Waals surface area contributed by atoms with Crippen molar-refractivity contribution in [3.63, 3.8) is 0 Å². The van der Waals surface area contributed by atoms with Crippen molar-refractivity contribution in [2.75, 3.05) is 4.90 Å². The Balaban J connectivity index is 1.68. The third kappa shape index (κ3) is 3.42. The van der Waals surface area contributed by atoms with Crippen LogP contribution in [-0.2, 0) is 0 Å². The van der Waals surface area contributed by atoms with E-state index < -0.39 is 0 Å². The maximum Gasteiger partial charge on any atom is 0.174 e. The molecule has 0 bridgehead atoms. The second-order valence-corrected chi connectivity index (χ2v) is 8.40. The highest BCUT2D eigenvalue weighted by Crippen LogP contribution is 2.43. The van der Waals surface area contributed by atoms with Gasteiger partial charge in [0.2, 0.25) is 0 Å². The van der Waals surface area contributed by atoms with E-state index in [-0.39, 0.29) is 17.8 Å². The van der Waals surface area contributed by atoms with Crippen molar-refractivity contribution < 1.29 is 5.11 Å². The average Bonchev–Trinajstić information content (AvgIpc) is 3.31. The summed E-state index contributed by atoms with van der Waals surface area (Å²) in [5.74, 6) is 0.229. The molecule has 0 amide bonds. The van der Waals surface area contributed by atoms with E-state index in [0.29, 0.717) is 5.11 Å². The SMILES string of the molecule is Cc1cc(C2C(c3ccccn3)NC(=S)N2c2ccc(O)cc2)c(C)n1-c1ccccc1. The Kier molecular flexibility index (Phi) is 5.15. The van der Waals surface area contributed by atoms with E-state index in [2.05, 4.69) is 63.9 Å². The fourth-order valence-electron chi connectivity index (χ4n) is 4.62. The van der Waals surface area contributed by atoms with Crippen molar-refractivity contribution in [3.05, 3.63) is 108 Å². The van der Waals surface area contributed by atoms with Crippen molar-refractivity contribution in [2.45, 2.75) is 25.9 Å². The lowest BCUT2D eigenvalue weighted by molar-refractivity contribution is 0.475. The minimum Gasteiger partial charge on any atom is -0.508 e. The first-order chi connectivity index (χ1) is 15.5.